The Morgan fingerprint density at radius 3 is 2.56 bits per heavy atom. The third-order valence-electron chi connectivity index (χ3n) is 2.06. The minimum absolute atomic E-state index is 0.492. The summed E-state index contributed by atoms with van der Waals surface area (Å²) in [4.78, 5) is 0. The van der Waals surface area contributed by atoms with E-state index in [0.29, 0.717) is 36.8 Å². The lowest BCUT2D eigenvalue weighted by atomic mass is 10.3. The van der Waals surface area contributed by atoms with Crippen LogP contribution in [0.3, 0.4) is 0 Å². The van der Waals surface area contributed by atoms with Crippen molar-refractivity contribution in [2.24, 2.45) is 0 Å². The number of rotatable bonds is 7. The van der Waals surface area contributed by atoms with Gasteiger partial charge in [0, 0.05) is 6.54 Å². The Labute approximate surface area is 94.9 Å². The van der Waals surface area contributed by atoms with Gasteiger partial charge in [0.15, 0.2) is 11.5 Å². The Hall–Kier alpha value is -1.46. The highest BCUT2D eigenvalue weighted by atomic mass is 16.5. The van der Waals surface area contributed by atoms with Gasteiger partial charge in [-0.15, -0.1) is 0 Å². The zero-order chi connectivity index (χ0) is 11.8. The van der Waals surface area contributed by atoms with Crippen molar-refractivity contribution >= 4 is 0 Å². The second kappa shape index (κ2) is 6.92. The lowest BCUT2D eigenvalue weighted by Gasteiger charge is -2.13. The predicted octanol–water partition coefficient (Wildman–Crippen LogP) is 1.45. The van der Waals surface area contributed by atoms with Crippen molar-refractivity contribution in [2.45, 2.75) is 6.42 Å². The van der Waals surface area contributed by atoms with Gasteiger partial charge < -0.3 is 19.4 Å². The van der Waals surface area contributed by atoms with Crippen molar-refractivity contribution in [3.05, 3.63) is 18.2 Å². The summed E-state index contributed by atoms with van der Waals surface area (Å²) in [5.74, 6) is 1.86. The van der Waals surface area contributed by atoms with Crippen LogP contribution in [-0.4, -0.2) is 32.6 Å². The van der Waals surface area contributed by atoms with Gasteiger partial charge in [-0.05, 0) is 18.6 Å². The van der Waals surface area contributed by atoms with Gasteiger partial charge in [0.05, 0.1) is 20.8 Å². The first kappa shape index (κ1) is 12.6. The third kappa shape index (κ3) is 3.29. The van der Waals surface area contributed by atoms with E-state index in [1.54, 1.807) is 20.3 Å². The van der Waals surface area contributed by atoms with E-state index >= 15 is 0 Å². The first-order chi connectivity index (χ1) is 7.83. The van der Waals surface area contributed by atoms with Crippen LogP contribution >= 0.6 is 0 Å². The molecule has 16 heavy (non-hydrogen) atoms. The molecule has 0 aromatic heterocycles. The molecule has 0 fully saturated rings. The standard InChI is InChI=1S/C11H17NO4/c1-14-9-5-3-6-10(11(9)15-2)16-8-4-7-12-13/h3,5-6,12-13H,4,7-8H2,1-2H3. The maximum absolute atomic E-state index is 8.40. The highest BCUT2D eigenvalue weighted by Gasteiger charge is 2.09. The zero-order valence-corrected chi connectivity index (χ0v) is 9.53. The van der Waals surface area contributed by atoms with Crippen molar-refractivity contribution in [3.63, 3.8) is 0 Å². The molecule has 0 aliphatic rings. The van der Waals surface area contributed by atoms with E-state index in [1.165, 1.54) is 0 Å². The Balaban J connectivity index is 2.63. The fraction of sp³-hybridized carbons (Fsp3) is 0.455. The Bertz CT molecular complexity index is 317. The number of methoxy groups -OCH3 is 2. The molecule has 0 aliphatic carbocycles. The molecule has 90 valence electrons. The topological polar surface area (TPSA) is 60.0 Å². The van der Waals surface area contributed by atoms with Crippen LogP contribution < -0.4 is 19.7 Å². The molecule has 0 bridgehead atoms. The van der Waals surface area contributed by atoms with Gasteiger partial charge in [0.1, 0.15) is 0 Å². The van der Waals surface area contributed by atoms with E-state index < -0.39 is 0 Å². The molecule has 2 N–H and O–H groups in total. The van der Waals surface area contributed by atoms with Crippen LogP contribution in [0.2, 0.25) is 0 Å². The molecule has 1 aromatic rings. The van der Waals surface area contributed by atoms with E-state index in [9.17, 15) is 0 Å². The van der Waals surface area contributed by atoms with Crippen LogP contribution in [0.5, 0.6) is 17.2 Å². The first-order valence-corrected chi connectivity index (χ1v) is 5.04. The van der Waals surface area contributed by atoms with Crippen molar-refractivity contribution in [1.29, 1.82) is 0 Å². The van der Waals surface area contributed by atoms with Crippen molar-refractivity contribution in [2.75, 3.05) is 27.4 Å². The molecule has 1 aromatic carbocycles. The quantitative estimate of drug-likeness (QED) is 0.545. The molecular formula is C11H17NO4. The molecule has 0 saturated carbocycles. The number of ether oxygens (including phenoxy) is 3. The molecule has 5 heteroatoms. The number of nitrogens with one attached hydrogen (secondary N) is 1. The second-order valence-corrected chi connectivity index (χ2v) is 3.10. The minimum atomic E-state index is 0.492. The number of hydrogen-bond donors (Lipinski definition) is 2. The molecule has 0 radical (unpaired) electrons. The molecule has 1 rings (SSSR count). The summed E-state index contributed by atoms with van der Waals surface area (Å²) >= 11 is 0. The van der Waals surface area contributed by atoms with Gasteiger partial charge in [-0.25, -0.2) is 5.48 Å². The molecule has 0 spiro atoms. The van der Waals surface area contributed by atoms with Gasteiger partial charge in [-0.1, -0.05) is 6.07 Å². The lowest BCUT2D eigenvalue weighted by molar-refractivity contribution is 0.157. The Kier molecular flexibility index (Phi) is 5.45. The molecule has 0 saturated heterocycles. The van der Waals surface area contributed by atoms with Crippen molar-refractivity contribution in [3.8, 4) is 17.2 Å². The van der Waals surface area contributed by atoms with Crippen LogP contribution in [0.25, 0.3) is 0 Å². The van der Waals surface area contributed by atoms with Crippen LogP contribution in [-0.2, 0) is 0 Å². The molecule has 5 nitrogen and oxygen atoms in total. The summed E-state index contributed by atoms with van der Waals surface area (Å²) in [6.45, 7) is 0.989. The van der Waals surface area contributed by atoms with Crippen molar-refractivity contribution in [1.82, 2.24) is 5.48 Å². The summed E-state index contributed by atoms with van der Waals surface area (Å²) in [7, 11) is 3.15. The maximum atomic E-state index is 8.40. The van der Waals surface area contributed by atoms with Gasteiger partial charge >= 0.3 is 0 Å². The normalized spacial score (nSPS) is 9.94. The summed E-state index contributed by atoms with van der Waals surface area (Å²) < 4.78 is 15.9. The summed E-state index contributed by atoms with van der Waals surface area (Å²) in [6.07, 6.45) is 0.705. The van der Waals surface area contributed by atoms with E-state index in [2.05, 4.69) is 5.48 Å². The fourth-order valence-electron chi connectivity index (χ4n) is 1.30. The monoisotopic (exact) mass is 227 g/mol. The van der Waals surface area contributed by atoms with E-state index in [1.807, 2.05) is 12.1 Å². The van der Waals surface area contributed by atoms with Gasteiger partial charge in [-0.3, -0.25) is 0 Å². The van der Waals surface area contributed by atoms with Crippen LogP contribution in [0.4, 0.5) is 0 Å². The van der Waals surface area contributed by atoms with E-state index in [-0.39, 0.29) is 0 Å². The maximum Gasteiger partial charge on any atom is 0.203 e. The molecule has 0 amide bonds. The molecule has 0 aliphatic heterocycles. The average molecular weight is 227 g/mol. The lowest BCUT2D eigenvalue weighted by Crippen LogP contribution is -2.12. The zero-order valence-electron chi connectivity index (χ0n) is 9.53. The van der Waals surface area contributed by atoms with Gasteiger partial charge in [0.2, 0.25) is 5.75 Å². The highest BCUT2D eigenvalue weighted by Crippen LogP contribution is 2.36. The third-order valence-corrected chi connectivity index (χ3v) is 2.06. The molecule has 0 heterocycles. The summed E-state index contributed by atoms with van der Waals surface area (Å²) in [5.41, 5.74) is 2.07. The average Bonchev–Trinajstić information content (AvgIpc) is 2.34. The van der Waals surface area contributed by atoms with Crippen LogP contribution in [0.15, 0.2) is 18.2 Å². The SMILES string of the molecule is COc1cccc(OCCCNO)c1OC. The largest absolute Gasteiger partial charge is 0.493 e. The Morgan fingerprint density at radius 2 is 1.94 bits per heavy atom. The number of hydroxylamine groups is 1. The second-order valence-electron chi connectivity index (χ2n) is 3.10. The smallest absolute Gasteiger partial charge is 0.203 e. The molecule has 0 atom stereocenters. The highest BCUT2D eigenvalue weighted by molar-refractivity contribution is 5.50. The van der Waals surface area contributed by atoms with E-state index in [4.69, 9.17) is 19.4 Å². The Morgan fingerprint density at radius 1 is 1.19 bits per heavy atom. The van der Waals surface area contributed by atoms with Gasteiger partial charge in [-0.2, -0.15) is 0 Å². The van der Waals surface area contributed by atoms with Crippen LogP contribution in [0.1, 0.15) is 6.42 Å². The number of benzene rings is 1. The van der Waals surface area contributed by atoms with Crippen molar-refractivity contribution < 1.29 is 19.4 Å². The summed E-state index contributed by atoms with van der Waals surface area (Å²) in [5, 5.41) is 8.40. The minimum Gasteiger partial charge on any atom is -0.493 e. The molecular weight excluding hydrogens is 210 g/mol. The van der Waals surface area contributed by atoms with Gasteiger partial charge in [0.25, 0.3) is 0 Å². The number of para-hydroxylation sites is 1. The summed E-state index contributed by atoms with van der Waals surface area (Å²) in [6, 6.07) is 5.45. The first-order valence-electron chi connectivity index (χ1n) is 5.04. The van der Waals surface area contributed by atoms with E-state index in [0.717, 1.165) is 0 Å². The predicted molar refractivity (Wildman–Crippen MR) is 59.4 cm³/mol. The molecule has 0 unspecified atom stereocenters. The number of hydrogen-bond acceptors (Lipinski definition) is 5. The fourth-order valence-corrected chi connectivity index (χ4v) is 1.30. The van der Waals surface area contributed by atoms with Crippen LogP contribution in [0, 0.1) is 0 Å².